The van der Waals surface area contributed by atoms with Crippen LogP contribution in [0.5, 0.6) is 0 Å². The van der Waals surface area contributed by atoms with Crippen LogP contribution in [0.15, 0.2) is 24.3 Å². The van der Waals surface area contributed by atoms with E-state index in [1.807, 2.05) is 23.9 Å². The van der Waals surface area contributed by atoms with Gasteiger partial charge in [0.05, 0.1) is 6.61 Å². The Labute approximate surface area is 130 Å². The van der Waals surface area contributed by atoms with Gasteiger partial charge in [0.15, 0.2) is 0 Å². The number of amides is 1. The molecule has 2 N–H and O–H groups in total. The molecule has 1 saturated carbocycles. The molecule has 0 bridgehead atoms. The molecule has 2 unspecified atom stereocenters. The molecular weight excluding hydrogens is 282 g/mol. The van der Waals surface area contributed by atoms with Crippen molar-refractivity contribution in [3.63, 3.8) is 0 Å². The van der Waals surface area contributed by atoms with Gasteiger partial charge in [0, 0.05) is 28.8 Å². The Kier molecular flexibility index (Phi) is 6.16. The zero-order valence-corrected chi connectivity index (χ0v) is 13.1. The molecule has 21 heavy (non-hydrogen) atoms. The number of aliphatic hydroxyl groups is 1. The fourth-order valence-electron chi connectivity index (χ4n) is 2.55. The van der Waals surface area contributed by atoms with E-state index in [0.29, 0.717) is 17.2 Å². The van der Waals surface area contributed by atoms with Crippen molar-refractivity contribution in [1.82, 2.24) is 5.32 Å². The van der Waals surface area contributed by atoms with E-state index in [0.717, 1.165) is 12.0 Å². The molecule has 0 radical (unpaired) electrons. The van der Waals surface area contributed by atoms with E-state index in [4.69, 9.17) is 5.11 Å². The Hall–Kier alpha value is -1.44. The van der Waals surface area contributed by atoms with E-state index in [9.17, 15) is 4.79 Å². The first-order chi connectivity index (χ1) is 10.2. The fourth-order valence-corrected chi connectivity index (χ4v) is 3.49. The molecule has 112 valence electrons. The van der Waals surface area contributed by atoms with E-state index < -0.39 is 0 Å². The van der Waals surface area contributed by atoms with Crippen LogP contribution in [0.3, 0.4) is 0 Å². The van der Waals surface area contributed by atoms with Gasteiger partial charge in [0.25, 0.3) is 5.91 Å². The van der Waals surface area contributed by atoms with Gasteiger partial charge >= 0.3 is 0 Å². The smallest absolute Gasteiger partial charge is 0.251 e. The number of aliphatic hydroxyl groups excluding tert-OH is 1. The van der Waals surface area contributed by atoms with E-state index in [-0.39, 0.29) is 18.6 Å². The van der Waals surface area contributed by atoms with Crippen LogP contribution < -0.4 is 5.32 Å². The maximum atomic E-state index is 12.2. The molecule has 1 fully saturated rings. The monoisotopic (exact) mass is 303 g/mol. The second kappa shape index (κ2) is 8.11. The van der Waals surface area contributed by atoms with Crippen LogP contribution in [0.25, 0.3) is 0 Å². The molecule has 2 atom stereocenters. The third-order valence-corrected chi connectivity index (χ3v) is 4.86. The molecule has 4 heteroatoms. The molecule has 1 aliphatic rings. The van der Waals surface area contributed by atoms with Gasteiger partial charge in [-0.2, -0.15) is 11.8 Å². The Balaban J connectivity index is 1.95. The van der Waals surface area contributed by atoms with Gasteiger partial charge in [-0.05, 0) is 43.4 Å². The van der Waals surface area contributed by atoms with Crippen LogP contribution in [-0.2, 0) is 0 Å². The minimum Gasteiger partial charge on any atom is -0.395 e. The van der Waals surface area contributed by atoms with Gasteiger partial charge in [-0.25, -0.2) is 0 Å². The molecule has 0 saturated heterocycles. The van der Waals surface area contributed by atoms with Crippen LogP contribution in [0.1, 0.15) is 41.6 Å². The Bertz CT molecular complexity index is 530. The van der Waals surface area contributed by atoms with Crippen LogP contribution in [-0.4, -0.2) is 35.2 Å². The van der Waals surface area contributed by atoms with Gasteiger partial charge in [-0.15, -0.1) is 0 Å². The summed E-state index contributed by atoms with van der Waals surface area (Å²) in [5.74, 6) is 5.82. The minimum atomic E-state index is -0.00387. The average Bonchev–Trinajstić information content (AvgIpc) is 2.95. The summed E-state index contributed by atoms with van der Waals surface area (Å²) >= 11 is 1.84. The number of hydrogen-bond acceptors (Lipinski definition) is 3. The van der Waals surface area contributed by atoms with Crippen molar-refractivity contribution in [2.45, 2.75) is 37.0 Å². The van der Waals surface area contributed by atoms with Gasteiger partial charge in [0.2, 0.25) is 0 Å². The summed E-state index contributed by atoms with van der Waals surface area (Å²) in [5, 5.41) is 12.4. The molecule has 1 aliphatic carbocycles. The summed E-state index contributed by atoms with van der Waals surface area (Å²) in [6, 6.07) is 7.60. The number of carbonyl (C=O) groups excluding carboxylic acids is 1. The first kappa shape index (κ1) is 15.9. The lowest BCUT2D eigenvalue weighted by atomic mass is 10.1. The molecule has 1 amide bonds. The lowest BCUT2D eigenvalue weighted by molar-refractivity contribution is 0.0938. The van der Waals surface area contributed by atoms with Crippen LogP contribution in [0.4, 0.5) is 0 Å². The molecule has 0 heterocycles. The van der Waals surface area contributed by atoms with E-state index in [1.54, 1.807) is 12.1 Å². The Morgan fingerprint density at radius 1 is 1.38 bits per heavy atom. The van der Waals surface area contributed by atoms with Crippen molar-refractivity contribution in [3.05, 3.63) is 35.4 Å². The summed E-state index contributed by atoms with van der Waals surface area (Å²) < 4.78 is 0. The van der Waals surface area contributed by atoms with Crippen molar-refractivity contribution in [3.8, 4) is 11.8 Å². The summed E-state index contributed by atoms with van der Waals surface area (Å²) in [6.07, 6.45) is 6.03. The summed E-state index contributed by atoms with van der Waals surface area (Å²) in [6.45, 7) is 0.0749. The number of benzene rings is 1. The Morgan fingerprint density at radius 2 is 2.14 bits per heavy atom. The summed E-state index contributed by atoms with van der Waals surface area (Å²) in [7, 11) is 0. The molecule has 0 aromatic heterocycles. The molecule has 2 rings (SSSR count). The van der Waals surface area contributed by atoms with Crippen LogP contribution in [0.2, 0.25) is 0 Å². The SMILES string of the molecule is CSC1CCCC1NC(=O)c1ccc(C#CCCO)cc1. The first-order valence-electron chi connectivity index (χ1n) is 7.28. The summed E-state index contributed by atoms with van der Waals surface area (Å²) in [5.41, 5.74) is 1.54. The van der Waals surface area contributed by atoms with Gasteiger partial charge < -0.3 is 10.4 Å². The third kappa shape index (κ3) is 4.52. The first-order valence-corrected chi connectivity index (χ1v) is 8.57. The van der Waals surface area contributed by atoms with Crippen LogP contribution >= 0.6 is 11.8 Å². The normalized spacial score (nSPS) is 20.7. The molecular formula is C17H21NO2S. The highest BCUT2D eigenvalue weighted by molar-refractivity contribution is 7.99. The predicted octanol–water partition coefficient (Wildman–Crippen LogP) is 2.43. The van der Waals surface area contributed by atoms with Crippen molar-refractivity contribution in [1.29, 1.82) is 0 Å². The number of carbonyl (C=O) groups is 1. The number of thioether (sulfide) groups is 1. The highest BCUT2D eigenvalue weighted by Crippen LogP contribution is 2.28. The minimum absolute atomic E-state index is 0.00387. The number of rotatable bonds is 4. The lowest BCUT2D eigenvalue weighted by Crippen LogP contribution is -2.38. The number of hydrogen-bond donors (Lipinski definition) is 2. The lowest BCUT2D eigenvalue weighted by Gasteiger charge is -2.19. The molecule has 0 aliphatic heterocycles. The fraction of sp³-hybridized carbons (Fsp3) is 0.471. The quantitative estimate of drug-likeness (QED) is 0.840. The zero-order valence-electron chi connectivity index (χ0n) is 12.3. The van der Waals surface area contributed by atoms with Gasteiger partial charge in [-0.1, -0.05) is 18.3 Å². The highest BCUT2D eigenvalue weighted by Gasteiger charge is 2.27. The largest absolute Gasteiger partial charge is 0.395 e. The third-order valence-electron chi connectivity index (χ3n) is 3.69. The van der Waals surface area contributed by atoms with Crippen molar-refractivity contribution in [2.24, 2.45) is 0 Å². The Morgan fingerprint density at radius 3 is 2.81 bits per heavy atom. The molecule has 3 nitrogen and oxygen atoms in total. The summed E-state index contributed by atoms with van der Waals surface area (Å²) in [4.78, 5) is 12.2. The van der Waals surface area contributed by atoms with E-state index in [1.165, 1.54) is 12.8 Å². The van der Waals surface area contributed by atoms with E-state index in [2.05, 4.69) is 23.4 Å². The van der Waals surface area contributed by atoms with Gasteiger partial charge in [0.1, 0.15) is 0 Å². The maximum absolute atomic E-state index is 12.2. The van der Waals surface area contributed by atoms with Crippen molar-refractivity contribution < 1.29 is 9.90 Å². The number of nitrogens with one attached hydrogen (secondary N) is 1. The second-order valence-electron chi connectivity index (χ2n) is 5.14. The average molecular weight is 303 g/mol. The van der Waals surface area contributed by atoms with Crippen molar-refractivity contribution in [2.75, 3.05) is 12.9 Å². The highest BCUT2D eigenvalue weighted by atomic mass is 32.2. The van der Waals surface area contributed by atoms with E-state index >= 15 is 0 Å². The molecule has 1 aromatic rings. The zero-order chi connectivity index (χ0) is 15.1. The standard InChI is InChI=1S/C17H21NO2S/c1-21-16-7-4-6-15(16)18-17(20)14-10-8-13(9-11-14)5-2-3-12-19/h8-11,15-16,19H,3-4,6-7,12H2,1H3,(H,18,20). The van der Waals surface area contributed by atoms with Crippen molar-refractivity contribution >= 4 is 17.7 Å². The predicted molar refractivity (Wildman–Crippen MR) is 87.4 cm³/mol. The molecule has 0 spiro atoms. The molecule has 1 aromatic carbocycles. The maximum Gasteiger partial charge on any atom is 0.251 e. The topological polar surface area (TPSA) is 49.3 Å². The van der Waals surface area contributed by atoms with Crippen LogP contribution in [0, 0.1) is 11.8 Å². The van der Waals surface area contributed by atoms with Gasteiger partial charge in [-0.3, -0.25) is 4.79 Å². The second-order valence-corrected chi connectivity index (χ2v) is 6.21.